The zero-order chi connectivity index (χ0) is 16.1. The number of benzene rings is 2. The Bertz CT molecular complexity index is 750. The van der Waals surface area contributed by atoms with Crippen LogP contribution >= 0.6 is 0 Å². The van der Waals surface area contributed by atoms with Gasteiger partial charge in [0.1, 0.15) is 5.82 Å². The Morgan fingerprint density at radius 3 is 2.45 bits per heavy atom. The predicted molar refractivity (Wildman–Crippen MR) is 85.1 cm³/mol. The fourth-order valence-corrected chi connectivity index (χ4v) is 1.94. The molecule has 2 aromatic rings. The SMILES string of the molecule is CC(=O)c1cccc(NC(=O)/C(C)=C/c2ccccc2F)c1. The van der Waals surface area contributed by atoms with Gasteiger partial charge < -0.3 is 5.32 Å². The highest BCUT2D eigenvalue weighted by Gasteiger charge is 2.08. The van der Waals surface area contributed by atoms with E-state index < -0.39 is 0 Å². The summed E-state index contributed by atoms with van der Waals surface area (Å²) >= 11 is 0. The van der Waals surface area contributed by atoms with Crippen LogP contribution in [0.2, 0.25) is 0 Å². The minimum absolute atomic E-state index is 0.0743. The summed E-state index contributed by atoms with van der Waals surface area (Å²) in [5.41, 5.74) is 1.78. The van der Waals surface area contributed by atoms with Gasteiger partial charge in [-0.25, -0.2) is 4.39 Å². The molecule has 3 nitrogen and oxygen atoms in total. The molecular formula is C18H16FNO2. The van der Waals surface area contributed by atoms with Gasteiger partial charge in [-0.3, -0.25) is 9.59 Å². The number of rotatable bonds is 4. The molecule has 0 saturated carbocycles. The normalized spacial score (nSPS) is 11.1. The molecule has 1 amide bonds. The van der Waals surface area contributed by atoms with Gasteiger partial charge in [-0.2, -0.15) is 0 Å². The highest BCUT2D eigenvalue weighted by Crippen LogP contribution is 2.15. The number of carbonyl (C=O) groups excluding carboxylic acids is 2. The van der Waals surface area contributed by atoms with E-state index in [0.29, 0.717) is 22.4 Å². The molecule has 0 aromatic heterocycles. The van der Waals surface area contributed by atoms with Gasteiger partial charge in [0.2, 0.25) is 0 Å². The third-order valence-electron chi connectivity index (χ3n) is 3.16. The molecule has 0 bridgehead atoms. The van der Waals surface area contributed by atoms with Crippen molar-refractivity contribution < 1.29 is 14.0 Å². The van der Waals surface area contributed by atoms with Crippen LogP contribution in [0.1, 0.15) is 29.8 Å². The summed E-state index contributed by atoms with van der Waals surface area (Å²) in [6.07, 6.45) is 1.49. The molecule has 0 fully saturated rings. The molecule has 0 atom stereocenters. The maximum atomic E-state index is 13.6. The van der Waals surface area contributed by atoms with Crippen molar-refractivity contribution in [1.29, 1.82) is 0 Å². The summed E-state index contributed by atoms with van der Waals surface area (Å²) < 4.78 is 13.6. The second-order valence-electron chi connectivity index (χ2n) is 4.94. The highest BCUT2D eigenvalue weighted by atomic mass is 19.1. The Labute approximate surface area is 128 Å². The van der Waals surface area contributed by atoms with E-state index in [1.165, 1.54) is 19.1 Å². The lowest BCUT2D eigenvalue weighted by Crippen LogP contribution is -2.13. The van der Waals surface area contributed by atoms with E-state index >= 15 is 0 Å². The molecule has 1 N–H and O–H groups in total. The zero-order valence-electron chi connectivity index (χ0n) is 12.4. The fourth-order valence-electron chi connectivity index (χ4n) is 1.94. The van der Waals surface area contributed by atoms with Crippen LogP contribution in [-0.4, -0.2) is 11.7 Å². The van der Waals surface area contributed by atoms with Crippen LogP contribution in [0.5, 0.6) is 0 Å². The van der Waals surface area contributed by atoms with E-state index in [1.807, 2.05) is 0 Å². The molecule has 2 aromatic carbocycles. The second-order valence-corrected chi connectivity index (χ2v) is 4.94. The lowest BCUT2D eigenvalue weighted by atomic mass is 10.1. The minimum Gasteiger partial charge on any atom is -0.322 e. The Balaban J connectivity index is 2.17. The number of hydrogen-bond acceptors (Lipinski definition) is 2. The Hall–Kier alpha value is -2.75. The third-order valence-corrected chi connectivity index (χ3v) is 3.16. The minimum atomic E-state index is -0.381. The summed E-state index contributed by atoms with van der Waals surface area (Å²) in [5, 5.41) is 2.69. The van der Waals surface area contributed by atoms with Crippen molar-refractivity contribution in [2.75, 3.05) is 5.32 Å². The molecule has 2 rings (SSSR count). The van der Waals surface area contributed by atoms with Crippen molar-refractivity contribution >= 4 is 23.5 Å². The van der Waals surface area contributed by atoms with Gasteiger partial charge in [0.15, 0.2) is 5.78 Å². The van der Waals surface area contributed by atoms with Gasteiger partial charge in [0, 0.05) is 22.4 Å². The van der Waals surface area contributed by atoms with Gasteiger partial charge >= 0.3 is 0 Å². The monoisotopic (exact) mass is 297 g/mol. The maximum absolute atomic E-state index is 13.6. The van der Waals surface area contributed by atoms with Crippen LogP contribution in [0, 0.1) is 5.82 Å². The highest BCUT2D eigenvalue weighted by molar-refractivity contribution is 6.06. The average molecular weight is 297 g/mol. The largest absolute Gasteiger partial charge is 0.322 e. The van der Waals surface area contributed by atoms with Crippen molar-refractivity contribution in [1.82, 2.24) is 0 Å². The van der Waals surface area contributed by atoms with Gasteiger partial charge in [0.25, 0.3) is 5.91 Å². The summed E-state index contributed by atoms with van der Waals surface area (Å²) in [4.78, 5) is 23.5. The van der Waals surface area contributed by atoms with Crippen molar-refractivity contribution in [2.45, 2.75) is 13.8 Å². The number of nitrogens with one attached hydrogen (secondary N) is 1. The Morgan fingerprint density at radius 1 is 1.05 bits per heavy atom. The molecule has 0 spiro atoms. The average Bonchev–Trinajstić information content (AvgIpc) is 2.49. The summed E-state index contributed by atoms with van der Waals surface area (Å²) in [7, 11) is 0. The van der Waals surface area contributed by atoms with E-state index in [1.54, 1.807) is 49.4 Å². The van der Waals surface area contributed by atoms with E-state index in [-0.39, 0.29) is 17.5 Å². The van der Waals surface area contributed by atoms with Crippen LogP contribution < -0.4 is 5.32 Å². The van der Waals surface area contributed by atoms with Crippen molar-refractivity contribution in [3.8, 4) is 0 Å². The van der Waals surface area contributed by atoms with Crippen molar-refractivity contribution in [3.63, 3.8) is 0 Å². The molecule has 4 heteroatoms. The van der Waals surface area contributed by atoms with Crippen molar-refractivity contribution in [3.05, 3.63) is 71.0 Å². The predicted octanol–water partition coefficient (Wildman–Crippen LogP) is 4.07. The smallest absolute Gasteiger partial charge is 0.251 e. The Kier molecular flexibility index (Phi) is 4.84. The van der Waals surface area contributed by atoms with E-state index in [9.17, 15) is 14.0 Å². The molecule has 0 saturated heterocycles. The van der Waals surface area contributed by atoms with Gasteiger partial charge in [0.05, 0.1) is 0 Å². The van der Waals surface area contributed by atoms with Crippen LogP contribution in [0.4, 0.5) is 10.1 Å². The van der Waals surface area contributed by atoms with Gasteiger partial charge in [-0.1, -0.05) is 30.3 Å². The molecule has 0 aliphatic rings. The summed E-state index contributed by atoms with van der Waals surface area (Å²) in [6.45, 7) is 3.07. The van der Waals surface area contributed by atoms with Crippen molar-refractivity contribution in [2.24, 2.45) is 0 Å². The maximum Gasteiger partial charge on any atom is 0.251 e. The quantitative estimate of drug-likeness (QED) is 0.683. The molecule has 0 heterocycles. The summed E-state index contributed by atoms with van der Waals surface area (Å²) in [6, 6.07) is 12.9. The molecule has 0 unspecified atom stereocenters. The van der Waals surface area contributed by atoms with Crippen LogP contribution in [-0.2, 0) is 4.79 Å². The lowest BCUT2D eigenvalue weighted by molar-refractivity contribution is -0.112. The number of ketones is 1. The third kappa shape index (κ3) is 3.88. The molecule has 22 heavy (non-hydrogen) atoms. The molecule has 0 radical (unpaired) electrons. The molecule has 0 aliphatic heterocycles. The first-order valence-electron chi connectivity index (χ1n) is 6.82. The van der Waals surface area contributed by atoms with Crippen LogP contribution in [0.3, 0.4) is 0 Å². The van der Waals surface area contributed by atoms with E-state index in [0.717, 1.165) is 0 Å². The van der Waals surface area contributed by atoms with E-state index in [4.69, 9.17) is 0 Å². The number of amides is 1. The number of hydrogen-bond donors (Lipinski definition) is 1. The van der Waals surface area contributed by atoms with Crippen LogP contribution in [0.15, 0.2) is 54.1 Å². The first-order valence-corrected chi connectivity index (χ1v) is 6.82. The topological polar surface area (TPSA) is 46.2 Å². The molecular weight excluding hydrogens is 281 g/mol. The van der Waals surface area contributed by atoms with Crippen LogP contribution in [0.25, 0.3) is 6.08 Å². The number of carbonyl (C=O) groups is 2. The lowest BCUT2D eigenvalue weighted by Gasteiger charge is -2.07. The van der Waals surface area contributed by atoms with Gasteiger partial charge in [-0.05, 0) is 38.1 Å². The number of halogens is 1. The Morgan fingerprint density at radius 2 is 1.77 bits per heavy atom. The first kappa shape index (κ1) is 15.6. The second kappa shape index (κ2) is 6.80. The standard InChI is InChI=1S/C18H16FNO2/c1-12(10-15-6-3-4-9-17(15)19)18(22)20-16-8-5-7-14(11-16)13(2)21/h3-11H,1-2H3,(H,20,22)/b12-10+. The molecule has 0 aliphatic carbocycles. The fraction of sp³-hybridized carbons (Fsp3) is 0.111. The number of Topliss-reactive ketones (excluding diaryl/α,β-unsaturated/α-hetero) is 1. The first-order chi connectivity index (χ1) is 10.5. The van der Waals surface area contributed by atoms with Gasteiger partial charge in [-0.15, -0.1) is 0 Å². The van der Waals surface area contributed by atoms with E-state index in [2.05, 4.69) is 5.32 Å². The summed E-state index contributed by atoms with van der Waals surface area (Å²) in [5.74, 6) is -0.799. The molecule has 112 valence electrons. The zero-order valence-corrected chi connectivity index (χ0v) is 12.4. The number of anilines is 1.